The number of aryl methyl sites for hydroxylation is 1. The first kappa shape index (κ1) is 26.4. The van der Waals surface area contributed by atoms with E-state index >= 15 is 0 Å². The van der Waals surface area contributed by atoms with E-state index in [1.54, 1.807) is 9.80 Å². The van der Waals surface area contributed by atoms with Gasteiger partial charge < -0.3 is 15.1 Å². The molecule has 1 heterocycles. The Hall–Kier alpha value is -3.67. The normalized spacial score (nSPS) is 13.6. The minimum atomic E-state index is -0.572. The summed E-state index contributed by atoms with van der Waals surface area (Å²) in [7, 11) is 0. The highest BCUT2D eigenvalue weighted by molar-refractivity contribution is 6.25. The smallest absolute Gasteiger partial charge is 0.258 e. The number of carbonyl (C=O) groups is 3. The molecule has 0 saturated carbocycles. The maximum absolute atomic E-state index is 13.6. The van der Waals surface area contributed by atoms with Crippen LogP contribution in [0.1, 0.15) is 68.4 Å². The predicted molar refractivity (Wildman–Crippen MR) is 149 cm³/mol. The summed E-state index contributed by atoms with van der Waals surface area (Å²) >= 11 is 0. The summed E-state index contributed by atoms with van der Waals surface area (Å²) in [6, 6.07) is 19.1. The molecule has 0 saturated heterocycles. The number of amides is 3. The first-order valence-corrected chi connectivity index (χ1v) is 13.1. The van der Waals surface area contributed by atoms with Crippen molar-refractivity contribution in [3.8, 4) is 0 Å². The minimum absolute atomic E-state index is 0.0213. The first-order valence-electron chi connectivity index (χ1n) is 13.1. The van der Waals surface area contributed by atoms with Gasteiger partial charge in [-0.25, -0.2) is 0 Å². The lowest BCUT2D eigenvalue weighted by Crippen LogP contribution is -2.53. The molecule has 6 nitrogen and oxygen atoms in total. The average molecular weight is 500 g/mol. The molecule has 1 atom stereocenters. The summed E-state index contributed by atoms with van der Waals surface area (Å²) in [4.78, 5) is 43.5. The van der Waals surface area contributed by atoms with Crippen LogP contribution >= 0.6 is 0 Å². The number of hydrogen-bond donors (Lipinski definition) is 1. The summed E-state index contributed by atoms with van der Waals surface area (Å²) in [5.41, 5.74) is 3.33. The Bertz CT molecular complexity index is 1320. The van der Waals surface area contributed by atoms with Crippen molar-refractivity contribution in [2.75, 3.05) is 11.4 Å². The van der Waals surface area contributed by atoms with Crippen LogP contribution in [0.5, 0.6) is 0 Å². The molecular formula is C31H37N3O3. The van der Waals surface area contributed by atoms with Crippen LogP contribution in [0.4, 0.5) is 5.69 Å². The van der Waals surface area contributed by atoms with E-state index in [4.69, 9.17) is 0 Å². The van der Waals surface area contributed by atoms with Gasteiger partial charge in [-0.15, -0.1) is 0 Å². The van der Waals surface area contributed by atoms with Crippen LogP contribution < -0.4 is 10.2 Å². The summed E-state index contributed by atoms with van der Waals surface area (Å²) in [5.74, 6) is -0.248. The van der Waals surface area contributed by atoms with Gasteiger partial charge >= 0.3 is 0 Å². The van der Waals surface area contributed by atoms with E-state index in [1.165, 1.54) is 0 Å². The van der Waals surface area contributed by atoms with E-state index < -0.39 is 11.6 Å². The zero-order valence-electron chi connectivity index (χ0n) is 22.5. The number of benzene rings is 3. The molecule has 0 aromatic heterocycles. The standard InChI is InChI=1S/C31H37N3O3/c1-6-25(29(36)32-31(3,4)5)34(20-23-13-8-7-12-21(23)2)27(35)18-11-19-33-26-17-10-15-22-14-9-16-24(28(22)26)30(33)37/h7-10,12-17,25H,6,11,18-20H2,1-5H3,(H,32,36). The highest BCUT2D eigenvalue weighted by Crippen LogP contribution is 2.37. The van der Waals surface area contributed by atoms with Gasteiger partial charge in [0.2, 0.25) is 11.8 Å². The zero-order chi connectivity index (χ0) is 26.7. The second-order valence-corrected chi connectivity index (χ2v) is 10.9. The number of anilines is 1. The molecule has 6 heteroatoms. The van der Waals surface area contributed by atoms with Crippen LogP contribution in [0, 0.1) is 6.92 Å². The molecule has 1 aliphatic heterocycles. The van der Waals surface area contributed by atoms with Crippen LogP contribution in [0.3, 0.4) is 0 Å². The van der Waals surface area contributed by atoms with Crippen molar-refractivity contribution < 1.29 is 14.4 Å². The van der Waals surface area contributed by atoms with Crippen molar-refractivity contribution in [1.82, 2.24) is 10.2 Å². The second kappa shape index (κ2) is 10.8. The average Bonchev–Trinajstić information content (AvgIpc) is 3.12. The van der Waals surface area contributed by atoms with Crippen LogP contribution in [-0.4, -0.2) is 40.7 Å². The molecule has 1 aliphatic rings. The fraction of sp³-hybridized carbons (Fsp3) is 0.387. The highest BCUT2D eigenvalue weighted by atomic mass is 16.2. The molecule has 1 N–H and O–H groups in total. The third-order valence-corrected chi connectivity index (χ3v) is 6.91. The lowest BCUT2D eigenvalue weighted by molar-refractivity contribution is -0.142. The van der Waals surface area contributed by atoms with Crippen molar-refractivity contribution in [3.63, 3.8) is 0 Å². The largest absolute Gasteiger partial charge is 0.350 e. The second-order valence-electron chi connectivity index (χ2n) is 10.9. The highest BCUT2D eigenvalue weighted by Gasteiger charge is 2.32. The van der Waals surface area contributed by atoms with Gasteiger partial charge in [0.1, 0.15) is 6.04 Å². The Kier molecular flexibility index (Phi) is 7.67. The van der Waals surface area contributed by atoms with Gasteiger partial charge in [-0.05, 0) is 69.2 Å². The van der Waals surface area contributed by atoms with E-state index in [0.717, 1.165) is 27.6 Å². The third kappa shape index (κ3) is 5.68. The maximum atomic E-state index is 13.6. The van der Waals surface area contributed by atoms with E-state index in [2.05, 4.69) is 5.32 Å². The van der Waals surface area contributed by atoms with Gasteiger partial charge in [0.15, 0.2) is 0 Å². The number of nitrogens with one attached hydrogen (secondary N) is 1. The van der Waals surface area contributed by atoms with E-state index in [-0.39, 0.29) is 24.1 Å². The van der Waals surface area contributed by atoms with Crippen LogP contribution in [0.15, 0.2) is 60.7 Å². The molecule has 3 aromatic carbocycles. The fourth-order valence-corrected chi connectivity index (χ4v) is 5.08. The molecule has 0 fully saturated rings. The Morgan fingerprint density at radius 1 is 1.00 bits per heavy atom. The van der Waals surface area contributed by atoms with Gasteiger partial charge in [-0.1, -0.05) is 55.5 Å². The van der Waals surface area contributed by atoms with Crippen molar-refractivity contribution in [2.24, 2.45) is 0 Å². The zero-order valence-corrected chi connectivity index (χ0v) is 22.5. The summed E-state index contributed by atoms with van der Waals surface area (Å²) in [6.45, 7) is 10.6. The molecule has 0 radical (unpaired) electrons. The monoisotopic (exact) mass is 499 g/mol. The van der Waals surface area contributed by atoms with E-state index in [9.17, 15) is 14.4 Å². The molecule has 3 amide bonds. The number of nitrogens with zero attached hydrogens (tertiary/aromatic N) is 2. The first-order chi connectivity index (χ1) is 17.6. The molecule has 0 spiro atoms. The molecule has 0 bridgehead atoms. The lowest BCUT2D eigenvalue weighted by atomic mass is 10.0. The summed E-state index contributed by atoms with van der Waals surface area (Å²) < 4.78 is 0. The number of hydrogen-bond acceptors (Lipinski definition) is 3. The molecule has 3 aromatic rings. The topological polar surface area (TPSA) is 69.7 Å². The van der Waals surface area contributed by atoms with Crippen LogP contribution in [0.25, 0.3) is 10.8 Å². The Morgan fingerprint density at radius 3 is 2.38 bits per heavy atom. The lowest BCUT2D eigenvalue weighted by Gasteiger charge is -2.33. The van der Waals surface area contributed by atoms with Crippen molar-refractivity contribution in [3.05, 3.63) is 77.4 Å². The third-order valence-electron chi connectivity index (χ3n) is 6.91. The Labute approximate surface area is 219 Å². The molecule has 37 heavy (non-hydrogen) atoms. The molecule has 4 rings (SSSR count). The minimum Gasteiger partial charge on any atom is -0.350 e. The van der Waals surface area contributed by atoms with Gasteiger partial charge in [-0.2, -0.15) is 0 Å². The SMILES string of the molecule is CCC(C(=O)NC(C)(C)C)N(Cc1ccccc1C)C(=O)CCCN1C(=O)c2cccc3cccc1c23. The maximum Gasteiger partial charge on any atom is 0.258 e. The van der Waals surface area contributed by atoms with Crippen molar-refractivity contribution in [1.29, 1.82) is 0 Å². The Morgan fingerprint density at radius 2 is 1.70 bits per heavy atom. The quantitative estimate of drug-likeness (QED) is 0.416. The van der Waals surface area contributed by atoms with E-state index in [0.29, 0.717) is 31.5 Å². The van der Waals surface area contributed by atoms with Gasteiger partial charge in [0.25, 0.3) is 5.91 Å². The molecular weight excluding hydrogens is 462 g/mol. The molecule has 1 unspecified atom stereocenters. The summed E-state index contributed by atoms with van der Waals surface area (Å²) in [6.07, 6.45) is 1.28. The van der Waals surface area contributed by atoms with Crippen molar-refractivity contribution >= 4 is 34.2 Å². The van der Waals surface area contributed by atoms with Crippen LogP contribution in [0.2, 0.25) is 0 Å². The number of rotatable bonds is 9. The molecule has 194 valence electrons. The summed E-state index contributed by atoms with van der Waals surface area (Å²) in [5, 5.41) is 5.07. The van der Waals surface area contributed by atoms with Gasteiger partial charge in [-0.3, -0.25) is 14.4 Å². The van der Waals surface area contributed by atoms with Gasteiger partial charge in [0, 0.05) is 36.0 Å². The number of carbonyl (C=O) groups excluding carboxylic acids is 3. The predicted octanol–water partition coefficient (Wildman–Crippen LogP) is 5.61. The van der Waals surface area contributed by atoms with Gasteiger partial charge in [0.05, 0.1) is 5.69 Å². The van der Waals surface area contributed by atoms with Crippen molar-refractivity contribution in [2.45, 2.75) is 72.0 Å². The fourth-order valence-electron chi connectivity index (χ4n) is 5.08. The Balaban J connectivity index is 1.51. The van der Waals surface area contributed by atoms with Crippen LogP contribution in [-0.2, 0) is 16.1 Å². The molecule has 0 aliphatic carbocycles. The van der Waals surface area contributed by atoms with E-state index in [1.807, 2.05) is 95.3 Å².